The Labute approximate surface area is 161 Å². The fraction of sp³-hybridized carbons (Fsp3) is 0.471. The van der Waals surface area contributed by atoms with E-state index in [0.29, 0.717) is 18.8 Å². The highest BCUT2D eigenvalue weighted by Crippen LogP contribution is 2.26. The molecular weight excluding hydrogens is 384 g/mol. The fourth-order valence-electron chi connectivity index (χ4n) is 3.60. The lowest BCUT2D eigenvalue weighted by Gasteiger charge is -2.22. The van der Waals surface area contributed by atoms with Crippen LogP contribution in [-0.2, 0) is 26.0 Å². The van der Waals surface area contributed by atoms with Gasteiger partial charge < -0.3 is 10.2 Å². The largest absolute Gasteiger partial charge is 0.352 e. The number of sulfone groups is 1. The van der Waals surface area contributed by atoms with Gasteiger partial charge in [-0.1, -0.05) is 6.07 Å². The third-order valence-corrected chi connectivity index (χ3v) is 6.86. The number of rotatable bonds is 5. The number of nitrogens with one attached hydrogen (secondary N) is 1. The molecule has 0 spiro atoms. The Kier molecular flexibility index (Phi) is 4.84. The predicted octanol–water partition coefficient (Wildman–Crippen LogP) is -0.686. The van der Waals surface area contributed by atoms with E-state index in [9.17, 15) is 18.0 Å². The predicted molar refractivity (Wildman–Crippen MR) is 97.9 cm³/mol. The van der Waals surface area contributed by atoms with Gasteiger partial charge in [0.15, 0.2) is 15.7 Å². The Morgan fingerprint density at radius 3 is 2.82 bits per heavy atom. The van der Waals surface area contributed by atoms with Gasteiger partial charge in [0, 0.05) is 31.7 Å². The van der Waals surface area contributed by atoms with E-state index in [1.54, 1.807) is 23.5 Å². The Bertz CT molecular complexity index is 974. The smallest absolute Gasteiger partial charge is 0.225 e. The summed E-state index contributed by atoms with van der Waals surface area (Å²) in [6, 6.07) is 3.31. The number of likely N-dealkylation sites (tertiary alicyclic amines) is 1. The molecule has 0 radical (unpaired) electrons. The SMILES string of the molecule is O=C(NCc1ccc(-n2cncn2)nc1)[C@@H]1CC(=O)N([C@H]2CCS(=O)(=O)C2)C1. The summed E-state index contributed by atoms with van der Waals surface area (Å²) in [4.78, 5) is 34.4. The van der Waals surface area contributed by atoms with Crippen molar-refractivity contribution in [3.8, 4) is 5.82 Å². The highest BCUT2D eigenvalue weighted by Gasteiger charge is 2.41. The van der Waals surface area contributed by atoms with Crippen molar-refractivity contribution in [3.05, 3.63) is 36.5 Å². The molecule has 2 saturated heterocycles. The third-order valence-electron chi connectivity index (χ3n) is 5.11. The van der Waals surface area contributed by atoms with Gasteiger partial charge in [-0.05, 0) is 18.1 Å². The summed E-state index contributed by atoms with van der Waals surface area (Å²) in [7, 11) is -3.07. The molecule has 2 aromatic rings. The van der Waals surface area contributed by atoms with Crippen molar-refractivity contribution >= 4 is 21.7 Å². The van der Waals surface area contributed by atoms with Gasteiger partial charge in [0.1, 0.15) is 12.7 Å². The Morgan fingerprint density at radius 1 is 1.32 bits per heavy atom. The number of carbonyl (C=O) groups is 2. The zero-order valence-electron chi connectivity index (χ0n) is 15.1. The first-order valence-corrected chi connectivity index (χ1v) is 10.8. The molecule has 2 fully saturated rings. The number of nitrogens with zero attached hydrogens (tertiary/aromatic N) is 5. The minimum atomic E-state index is -3.07. The molecule has 2 aliphatic heterocycles. The molecular formula is C17H20N6O4S. The summed E-state index contributed by atoms with van der Waals surface area (Å²) in [5.74, 6) is -0.0975. The second kappa shape index (κ2) is 7.30. The molecule has 10 nitrogen and oxygen atoms in total. The molecule has 0 aromatic carbocycles. The Morgan fingerprint density at radius 2 is 2.18 bits per heavy atom. The molecule has 1 N–H and O–H groups in total. The van der Waals surface area contributed by atoms with Gasteiger partial charge >= 0.3 is 0 Å². The van der Waals surface area contributed by atoms with E-state index in [1.165, 1.54) is 11.0 Å². The van der Waals surface area contributed by atoms with E-state index in [2.05, 4.69) is 20.4 Å². The molecule has 11 heteroatoms. The zero-order chi connectivity index (χ0) is 19.7. The molecule has 2 aromatic heterocycles. The van der Waals surface area contributed by atoms with E-state index in [1.807, 2.05) is 6.07 Å². The molecule has 4 rings (SSSR count). The first-order valence-electron chi connectivity index (χ1n) is 8.99. The van der Waals surface area contributed by atoms with Crippen LogP contribution in [0.2, 0.25) is 0 Å². The minimum Gasteiger partial charge on any atom is -0.352 e. The molecule has 28 heavy (non-hydrogen) atoms. The number of aromatic nitrogens is 4. The van der Waals surface area contributed by atoms with Gasteiger partial charge in [-0.25, -0.2) is 23.1 Å². The van der Waals surface area contributed by atoms with Gasteiger partial charge in [-0.3, -0.25) is 9.59 Å². The van der Waals surface area contributed by atoms with Crippen molar-refractivity contribution in [1.29, 1.82) is 0 Å². The second-order valence-corrected chi connectivity index (χ2v) is 9.32. The average Bonchev–Trinajstić information content (AvgIpc) is 3.40. The van der Waals surface area contributed by atoms with Gasteiger partial charge in [0.25, 0.3) is 0 Å². The quantitative estimate of drug-likeness (QED) is 0.699. The molecule has 2 atom stereocenters. The van der Waals surface area contributed by atoms with Crippen molar-refractivity contribution < 1.29 is 18.0 Å². The van der Waals surface area contributed by atoms with Gasteiger partial charge in [-0.2, -0.15) is 5.10 Å². The minimum absolute atomic E-state index is 0.00311. The molecule has 0 saturated carbocycles. The fourth-order valence-corrected chi connectivity index (χ4v) is 5.33. The van der Waals surface area contributed by atoms with Crippen LogP contribution in [0.15, 0.2) is 31.0 Å². The number of pyridine rings is 1. The summed E-state index contributed by atoms with van der Waals surface area (Å²) in [5.41, 5.74) is 0.820. The monoisotopic (exact) mass is 404 g/mol. The summed E-state index contributed by atoms with van der Waals surface area (Å²) in [6.07, 6.45) is 5.18. The lowest BCUT2D eigenvalue weighted by molar-refractivity contribution is -0.130. The third kappa shape index (κ3) is 3.88. The van der Waals surface area contributed by atoms with Crippen LogP contribution >= 0.6 is 0 Å². The van der Waals surface area contributed by atoms with Gasteiger partial charge in [0.2, 0.25) is 11.8 Å². The summed E-state index contributed by atoms with van der Waals surface area (Å²) in [5, 5.41) is 6.83. The van der Waals surface area contributed by atoms with Crippen LogP contribution in [0.25, 0.3) is 5.82 Å². The number of hydrogen-bond acceptors (Lipinski definition) is 7. The first-order chi connectivity index (χ1) is 13.4. The molecule has 0 unspecified atom stereocenters. The van der Waals surface area contributed by atoms with E-state index >= 15 is 0 Å². The molecule has 0 aliphatic carbocycles. The highest BCUT2D eigenvalue weighted by molar-refractivity contribution is 7.91. The van der Waals surface area contributed by atoms with Crippen LogP contribution in [0, 0.1) is 5.92 Å². The lowest BCUT2D eigenvalue weighted by Crippen LogP contribution is -2.39. The standard InChI is InChI=1S/C17H20N6O4S/c24-16-5-13(8-22(16)14-3-4-28(26,27)9-14)17(25)20-7-12-1-2-15(19-6-12)23-11-18-10-21-23/h1-2,6,10-11,13-14H,3-5,7-9H2,(H,20,25)/t13-,14+/m1/s1. The second-order valence-electron chi connectivity index (χ2n) is 7.09. The lowest BCUT2D eigenvalue weighted by atomic mass is 10.1. The van der Waals surface area contributed by atoms with Crippen LogP contribution in [0.5, 0.6) is 0 Å². The molecule has 2 aliphatic rings. The van der Waals surface area contributed by atoms with E-state index < -0.39 is 15.8 Å². The summed E-state index contributed by atoms with van der Waals surface area (Å²) >= 11 is 0. The van der Waals surface area contributed by atoms with Crippen molar-refractivity contribution in [2.75, 3.05) is 18.1 Å². The van der Waals surface area contributed by atoms with Crippen LogP contribution in [0.1, 0.15) is 18.4 Å². The van der Waals surface area contributed by atoms with E-state index in [4.69, 9.17) is 0 Å². The maximum absolute atomic E-state index is 12.5. The average molecular weight is 404 g/mol. The van der Waals surface area contributed by atoms with Crippen LogP contribution in [0.4, 0.5) is 0 Å². The molecule has 148 valence electrons. The number of hydrogen-bond donors (Lipinski definition) is 1. The Balaban J connectivity index is 1.31. The van der Waals surface area contributed by atoms with Crippen LogP contribution in [-0.4, -0.2) is 69.0 Å². The van der Waals surface area contributed by atoms with Crippen molar-refractivity contribution in [2.24, 2.45) is 5.92 Å². The van der Waals surface area contributed by atoms with Crippen LogP contribution in [0.3, 0.4) is 0 Å². The summed E-state index contributed by atoms with van der Waals surface area (Å²) in [6.45, 7) is 0.570. The topological polar surface area (TPSA) is 127 Å². The van der Waals surface area contributed by atoms with Crippen molar-refractivity contribution in [3.63, 3.8) is 0 Å². The number of amides is 2. The number of carbonyl (C=O) groups excluding carboxylic acids is 2. The van der Waals surface area contributed by atoms with Gasteiger partial charge in [-0.15, -0.1) is 0 Å². The maximum atomic E-state index is 12.5. The molecule has 4 heterocycles. The molecule has 2 amide bonds. The van der Waals surface area contributed by atoms with E-state index in [-0.39, 0.29) is 42.3 Å². The van der Waals surface area contributed by atoms with E-state index in [0.717, 1.165) is 5.56 Å². The maximum Gasteiger partial charge on any atom is 0.225 e. The van der Waals surface area contributed by atoms with Crippen molar-refractivity contribution in [2.45, 2.75) is 25.4 Å². The van der Waals surface area contributed by atoms with Crippen LogP contribution < -0.4 is 5.32 Å². The Hall–Kier alpha value is -2.82. The zero-order valence-corrected chi connectivity index (χ0v) is 15.9. The highest BCUT2D eigenvalue weighted by atomic mass is 32.2. The van der Waals surface area contributed by atoms with Crippen molar-refractivity contribution in [1.82, 2.24) is 30.0 Å². The van der Waals surface area contributed by atoms with Gasteiger partial charge in [0.05, 0.1) is 17.4 Å². The first kappa shape index (κ1) is 18.5. The molecule has 0 bridgehead atoms. The normalized spacial score (nSPS) is 23.9. The summed E-state index contributed by atoms with van der Waals surface area (Å²) < 4.78 is 24.8.